The number of ether oxygens (including phenoxy) is 7. The number of hydrogen-bond donors (Lipinski definition) is 12. The van der Waals surface area contributed by atoms with Crippen molar-refractivity contribution in [3.05, 3.63) is 0 Å². The molecule has 7 fully saturated rings. The Morgan fingerprint density at radius 3 is 1.80 bits per heavy atom. The summed E-state index contributed by atoms with van der Waals surface area (Å²) in [6, 6.07) is 0. The van der Waals surface area contributed by atoms with Gasteiger partial charge in [0.1, 0.15) is 54.9 Å². The smallest absolute Gasteiger partial charge is 0.186 e. The summed E-state index contributed by atoms with van der Waals surface area (Å²) in [6.07, 6.45) is -17.1. The number of aliphatic hydroxyl groups is 12. The highest BCUT2D eigenvalue weighted by Crippen LogP contribution is 2.70. The first-order valence-corrected chi connectivity index (χ1v) is 23.6. The van der Waals surface area contributed by atoms with Crippen molar-refractivity contribution in [1.29, 1.82) is 0 Å². The van der Waals surface area contributed by atoms with Gasteiger partial charge in [0, 0.05) is 25.4 Å². The molecule has 0 spiro atoms. The number of methoxy groups -OCH3 is 1. The zero-order valence-corrected chi connectivity index (χ0v) is 38.1. The molecule has 0 aromatic heterocycles. The van der Waals surface area contributed by atoms with Gasteiger partial charge in [-0.25, -0.2) is 0 Å². The molecule has 7 aliphatic rings. The lowest BCUT2D eigenvalue weighted by Gasteiger charge is -2.66. The quantitative estimate of drug-likeness (QED) is 0.0908. The summed E-state index contributed by atoms with van der Waals surface area (Å²) in [5.74, 6) is -1.57. The molecule has 26 atom stereocenters. The Morgan fingerprint density at radius 2 is 1.17 bits per heavy atom. The summed E-state index contributed by atoms with van der Waals surface area (Å²) in [5.41, 5.74) is -2.75. The number of fused-ring (bicyclic) bond motifs is 5. The molecule has 12 N–H and O–H groups in total. The summed E-state index contributed by atoms with van der Waals surface area (Å²) in [7, 11) is 1.31. The molecule has 0 amide bonds. The van der Waals surface area contributed by atoms with Crippen LogP contribution in [0.5, 0.6) is 0 Å². The summed E-state index contributed by atoms with van der Waals surface area (Å²) in [5, 5.41) is 133. The monoisotopic (exact) mass is 923 g/mol. The maximum absolute atomic E-state index is 12.7. The van der Waals surface area contributed by atoms with Crippen LogP contribution in [0.25, 0.3) is 0 Å². The van der Waals surface area contributed by atoms with E-state index < -0.39 is 133 Å². The van der Waals surface area contributed by atoms with E-state index >= 15 is 0 Å². The van der Waals surface area contributed by atoms with Crippen LogP contribution in [-0.2, 0) is 33.2 Å². The minimum atomic E-state index is -1.66. The zero-order valence-electron chi connectivity index (χ0n) is 38.1. The highest BCUT2D eigenvalue weighted by Gasteiger charge is 2.73. The van der Waals surface area contributed by atoms with Gasteiger partial charge in [-0.15, -0.1) is 0 Å². The fourth-order valence-electron chi connectivity index (χ4n) is 14.0. The van der Waals surface area contributed by atoms with Crippen molar-refractivity contribution >= 4 is 0 Å². The Labute approximate surface area is 375 Å². The maximum atomic E-state index is 12.7. The molecule has 3 saturated heterocycles. The molecule has 3 unspecified atom stereocenters. The minimum absolute atomic E-state index is 0.0373. The second-order valence-electron chi connectivity index (χ2n) is 21.4. The Kier molecular flexibility index (Phi) is 15.9. The number of rotatable bonds is 14. The predicted octanol–water partition coefficient (Wildman–Crippen LogP) is -1.88. The summed E-state index contributed by atoms with van der Waals surface area (Å²) in [6.45, 7) is 9.85. The third kappa shape index (κ3) is 9.10. The van der Waals surface area contributed by atoms with Crippen molar-refractivity contribution in [3.8, 4) is 0 Å². The molecule has 3 aliphatic heterocycles. The van der Waals surface area contributed by atoms with Crippen molar-refractivity contribution in [2.24, 2.45) is 52.3 Å². The second kappa shape index (κ2) is 19.9. The van der Waals surface area contributed by atoms with Crippen LogP contribution in [0.1, 0.15) is 86.0 Å². The Balaban J connectivity index is 0.887. The van der Waals surface area contributed by atoms with Gasteiger partial charge in [-0.2, -0.15) is 0 Å². The molecule has 372 valence electrons. The van der Waals surface area contributed by atoms with E-state index in [1.165, 1.54) is 7.11 Å². The van der Waals surface area contributed by atoms with Gasteiger partial charge in [0.2, 0.25) is 0 Å². The first kappa shape index (κ1) is 51.1. The van der Waals surface area contributed by atoms with E-state index in [-0.39, 0.29) is 62.4 Å². The first-order chi connectivity index (χ1) is 30.1. The van der Waals surface area contributed by atoms with Crippen molar-refractivity contribution in [2.75, 3.05) is 33.5 Å². The van der Waals surface area contributed by atoms with Crippen LogP contribution in [0.3, 0.4) is 0 Å². The topological polar surface area (TPSA) is 307 Å². The first-order valence-electron chi connectivity index (χ1n) is 23.6. The van der Waals surface area contributed by atoms with Gasteiger partial charge in [0.25, 0.3) is 0 Å². The average Bonchev–Trinajstić information content (AvgIpc) is 3.44. The van der Waals surface area contributed by atoms with Crippen LogP contribution in [0.2, 0.25) is 0 Å². The minimum Gasteiger partial charge on any atom is -0.393 e. The molecule has 3 heterocycles. The molecule has 19 nitrogen and oxygen atoms in total. The van der Waals surface area contributed by atoms with Gasteiger partial charge in [-0.05, 0) is 78.9 Å². The standard InChI is InChI=1S/C45H78O19/c1-19(2)21(8-7-20(3)28-33(52)34(53)39-44(28,5)13-10-27-43(4)12-9-22(46)30(49)29(43)23(47)15-45(27,39)57)11-14-59-40-35(54)31(50)25(17-61-40)63-41-36(55)32(51)26(18-62-41)64-42-37(56)38(58-6)24(48)16-60-42/h19-42,46-57H,7-18H2,1-6H3/t20-,21-,22+,23?,24-,25-,26-,27?,28+,29?,30+,31+,32+,33-,34-,35-,36-,37-,38+,39-,40-,41+,42+,43-,44-,45+/m1/s1. The van der Waals surface area contributed by atoms with E-state index in [2.05, 4.69) is 27.7 Å². The Bertz CT molecular complexity index is 1530. The molecular formula is C45H78O19. The lowest BCUT2D eigenvalue weighted by atomic mass is 9.41. The largest absolute Gasteiger partial charge is 0.393 e. The summed E-state index contributed by atoms with van der Waals surface area (Å²) in [4.78, 5) is 0. The molecule has 0 radical (unpaired) electrons. The van der Waals surface area contributed by atoms with Crippen LogP contribution in [0, 0.1) is 52.3 Å². The highest BCUT2D eigenvalue weighted by molar-refractivity contribution is 5.22. The third-order valence-corrected chi connectivity index (χ3v) is 17.4. The highest BCUT2D eigenvalue weighted by atomic mass is 16.7. The van der Waals surface area contributed by atoms with Crippen LogP contribution in [-0.4, -0.2) is 205 Å². The molecule has 19 heteroatoms. The molecule has 4 saturated carbocycles. The van der Waals surface area contributed by atoms with E-state index in [9.17, 15) is 61.3 Å². The molecule has 64 heavy (non-hydrogen) atoms. The zero-order chi connectivity index (χ0) is 46.8. The lowest BCUT2D eigenvalue weighted by molar-refractivity contribution is -0.349. The Hall–Kier alpha value is -0.760. The predicted molar refractivity (Wildman–Crippen MR) is 221 cm³/mol. The summed E-state index contributed by atoms with van der Waals surface area (Å²) >= 11 is 0. The van der Waals surface area contributed by atoms with Gasteiger partial charge < -0.3 is 94.4 Å². The van der Waals surface area contributed by atoms with E-state index in [0.717, 1.165) is 12.8 Å². The van der Waals surface area contributed by atoms with Gasteiger partial charge >= 0.3 is 0 Å². The van der Waals surface area contributed by atoms with Crippen LogP contribution in [0.4, 0.5) is 0 Å². The molecule has 4 aliphatic carbocycles. The average molecular weight is 923 g/mol. The van der Waals surface area contributed by atoms with E-state index in [4.69, 9.17) is 33.2 Å². The maximum Gasteiger partial charge on any atom is 0.186 e. The molecule has 0 bridgehead atoms. The van der Waals surface area contributed by atoms with Crippen LogP contribution >= 0.6 is 0 Å². The lowest BCUT2D eigenvalue weighted by Crippen LogP contribution is -2.71. The van der Waals surface area contributed by atoms with Gasteiger partial charge in [-0.1, -0.05) is 41.0 Å². The van der Waals surface area contributed by atoms with Gasteiger partial charge in [0.05, 0.1) is 62.5 Å². The fourth-order valence-corrected chi connectivity index (χ4v) is 14.0. The SMILES string of the molecule is CO[C@@H]1[C@@H](O)[C@H](O[C@@H]2CO[C@@H](O[C@@H]3CO[C@@H](OCC[C@@H](CC[C@@H](C)[C@H]4[C@@H](O)[C@@H](O)[C@@H]5[C@]4(C)CCC4[C@@]6(C)CC[C@H](O)[C@H](O)C6C(O)C[C@]45O)C(C)C)[C@H](O)[C@H]3O)[C@H](O)[C@H]2O)OC[C@H]1O. The number of hydrogen-bond acceptors (Lipinski definition) is 19. The number of aliphatic hydroxyl groups excluding tert-OH is 11. The second-order valence-corrected chi connectivity index (χ2v) is 21.4. The van der Waals surface area contributed by atoms with Crippen molar-refractivity contribution in [1.82, 2.24) is 0 Å². The van der Waals surface area contributed by atoms with Gasteiger partial charge in [-0.3, -0.25) is 0 Å². The Morgan fingerprint density at radius 1 is 0.594 bits per heavy atom. The van der Waals surface area contributed by atoms with Crippen molar-refractivity contribution in [2.45, 2.75) is 196 Å². The van der Waals surface area contributed by atoms with Gasteiger partial charge in [0.15, 0.2) is 18.9 Å². The van der Waals surface area contributed by atoms with E-state index in [1.807, 2.05) is 6.92 Å². The third-order valence-electron chi connectivity index (χ3n) is 17.4. The fraction of sp³-hybridized carbons (Fsp3) is 1.00. The van der Waals surface area contributed by atoms with Crippen LogP contribution in [0.15, 0.2) is 0 Å². The van der Waals surface area contributed by atoms with Crippen molar-refractivity contribution in [3.63, 3.8) is 0 Å². The van der Waals surface area contributed by atoms with E-state index in [1.54, 1.807) is 0 Å². The van der Waals surface area contributed by atoms with Crippen molar-refractivity contribution < 1.29 is 94.4 Å². The molecule has 0 aromatic carbocycles. The molecule has 0 aromatic rings. The molecule has 7 rings (SSSR count). The normalized spacial score (nSPS) is 53.0. The summed E-state index contributed by atoms with van der Waals surface area (Å²) < 4.78 is 39.2. The van der Waals surface area contributed by atoms with E-state index in [0.29, 0.717) is 32.1 Å². The molecular weight excluding hydrogens is 844 g/mol. The van der Waals surface area contributed by atoms with Crippen LogP contribution < -0.4 is 0 Å².